The maximum absolute atomic E-state index is 13.6. The fraction of sp³-hybridized carbons (Fsp3) is 0.241. The number of aryl methyl sites for hydroxylation is 2. The summed E-state index contributed by atoms with van der Waals surface area (Å²) in [6, 6.07) is 14.2. The van der Waals surface area contributed by atoms with Crippen LogP contribution in [0.1, 0.15) is 35.0 Å². The molecule has 0 fully saturated rings. The van der Waals surface area contributed by atoms with Gasteiger partial charge >= 0.3 is 0 Å². The molecule has 0 aliphatic carbocycles. The summed E-state index contributed by atoms with van der Waals surface area (Å²) < 4.78 is 36.5. The third-order valence-electron chi connectivity index (χ3n) is 6.19. The van der Waals surface area contributed by atoms with Crippen LogP contribution < -0.4 is 19.6 Å². The number of rotatable bonds is 6. The number of fused-ring (bicyclic) bond motifs is 2. The highest BCUT2D eigenvalue weighted by molar-refractivity contribution is 5.97. The van der Waals surface area contributed by atoms with Crippen LogP contribution in [0, 0.1) is 12.7 Å². The van der Waals surface area contributed by atoms with E-state index in [1.54, 1.807) is 19.1 Å². The molecular weight excluding hydrogens is 463 g/mol. The molecule has 0 spiro atoms. The maximum atomic E-state index is 13.6. The van der Waals surface area contributed by atoms with E-state index in [2.05, 4.69) is 0 Å². The minimum Gasteiger partial charge on any atom is -0.490 e. The number of hydrogen-bond acceptors (Lipinski definition) is 6. The number of benzene rings is 3. The Morgan fingerprint density at radius 2 is 1.75 bits per heavy atom. The van der Waals surface area contributed by atoms with Gasteiger partial charge < -0.3 is 18.6 Å². The van der Waals surface area contributed by atoms with E-state index >= 15 is 0 Å². The quantitative estimate of drug-likeness (QED) is 0.315. The Morgan fingerprint density at radius 3 is 2.50 bits per heavy atom. The highest BCUT2D eigenvalue weighted by atomic mass is 19.1. The molecule has 2 heterocycles. The number of Topliss-reactive ketones (excluding diaryl/α,β-unsaturated/α-hetero) is 1. The molecule has 184 valence electrons. The first-order chi connectivity index (χ1) is 17.4. The van der Waals surface area contributed by atoms with E-state index in [0.29, 0.717) is 70.3 Å². The Balaban J connectivity index is 1.49. The van der Waals surface area contributed by atoms with Crippen LogP contribution in [-0.2, 0) is 6.42 Å². The molecule has 36 heavy (non-hydrogen) atoms. The number of carbonyl (C=O) groups excluding carboxylic acids is 1. The van der Waals surface area contributed by atoms with E-state index in [9.17, 15) is 14.0 Å². The average Bonchev–Trinajstić information content (AvgIpc) is 3.12. The van der Waals surface area contributed by atoms with Crippen LogP contribution in [0.4, 0.5) is 4.39 Å². The minimum absolute atomic E-state index is 0.160. The minimum atomic E-state index is -0.410. The van der Waals surface area contributed by atoms with Crippen molar-refractivity contribution in [2.45, 2.75) is 26.7 Å². The molecule has 0 N–H and O–H groups in total. The Kier molecular flexibility index (Phi) is 6.46. The smallest absolute Gasteiger partial charge is 0.200 e. The summed E-state index contributed by atoms with van der Waals surface area (Å²) in [7, 11) is 0. The van der Waals surface area contributed by atoms with Crippen molar-refractivity contribution < 1.29 is 27.8 Å². The van der Waals surface area contributed by atoms with Crippen LogP contribution >= 0.6 is 0 Å². The van der Waals surface area contributed by atoms with Crippen molar-refractivity contribution in [1.82, 2.24) is 0 Å². The largest absolute Gasteiger partial charge is 0.490 e. The summed E-state index contributed by atoms with van der Waals surface area (Å²) in [4.78, 5) is 26.1. The van der Waals surface area contributed by atoms with Crippen molar-refractivity contribution in [3.05, 3.63) is 87.5 Å². The molecule has 1 aromatic heterocycles. The molecule has 3 aromatic carbocycles. The molecule has 0 saturated heterocycles. The molecule has 4 aromatic rings. The van der Waals surface area contributed by atoms with Gasteiger partial charge in [0, 0.05) is 18.1 Å². The molecule has 0 saturated carbocycles. The fourth-order valence-electron chi connectivity index (χ4n) is 4.30. The molecule has 6 nitrogen and oxygen atoms in total. The molecule has 0 bridgehead atoms. The summed E-state index contributed by atoms with van der Waals surface area (Å²) in [5, 5.41) is 0.428. The van der Waals surface area contributed by atoms with Gasteiger partial charge in [0.15, 0.2) is 23.9 Å². The predicted molar refractivity (Wildman–Crippen MR) is 134 cm³/mol. The average molecular weight is 489 g/mol. The van der Waals surface area contributed by atoms with Gasteiger partial charge in [0.05, 0.1) is 24.2 Å². The Hall–Kier alpha value is -4.13. The lowest BCUT2D eigenvalue weighted by Gasteiger charge is -2.14. The van der Waals surface area contributed by atoms with Gasteiger partial charge in [-0.2, -0.15) is 0 Å². The Bertz CT molecular complexity index is 1500. The highest BCUT2D eigenvalue weighted by Gasteiger charge is 2.19. The summed E-state index contributed by atoms with van der Waals surface area (Å²) in [6.45, 7) is 4.60. The van der Waals surface area contributed by atoms with Crippen LogP contribution in [0.3, 0.4) is 0 Å². The third-order valence-corrected chi connectivity index (χ3v) is 6.19. The second-order valence-electron chi connectivity index (χ2n) is 8.60. The van der Waals surface area contributed by atoms with Gasteiger partial charge in [0.2, 0.25) is 5.43 Å². The molecule has 1 aliphatic heterocycles. The Labute approximate surface area is 207 Å². The van der Waals surface area contributed by atoms with E-state index in [1.165, 1.54) is 24.3 Å². The van der Waals surface area contributed by atoms with Gasteiger partial charge in [0.25, 0.3) is 0 Å². The van der Waals surface area contributed by atoms with Gasteiger partial charge in [0.1, 0.15) is 22.9 Å². The summed E-state index contributed by atoms with van der Waals surface area (Å²) in [5.74, 6) is 1.49. The molecule has 0 radical (unpaired) electrons. The van der Waals surface area contributed by atoms with Crippen molar-refractivity contribution in [2.75, 3.05) is 19.8 Å². The second kappa shape index (κ2) is 9.85. The number of ether oxygens (including phenoxy) is 3. The zero-order valence-electron chi connectivity index (χ0n) is 20.1. The molecule has 5 rings (SSSR count). The number of halogens is 1. The monoisotopic (exact) mass is 488 g/mol. The van der Waals surface area contributed by atoms with Gasteiger partial charge in [-0.3, -0.25) is 9.59 Å². The van der Waals surface area contributed by atoms with Crippen LogP contribution in [0.15, 0.2) is 63.8 Å². The summed E-state index contributed by atoms with van der Waals surface area (Å²) >= 11 is 0. The first-order valence-electron chi connectivity index (χ1n) is 11.9. The van der Waals surface area contributed by atoms with E-state index in [4.69, 9.17) is 18.6 Å². The molecular formula is C29H25FO6. The first-order valence-corrected chi connectivity index (χ1v) is 11.9. The lowest BCUT2D eigenvalue weighted by Crippen LogP contribution is -2.13. The molecule has 0 amide bonds. The molecule has 7 heteroatoms. The van der Waals surface area contributed by atoms with Gasteiger partial charge in [-0.1, -0.05) is 13.0 Å². The zero-order valence-corrected chi connectivity index (χ0v) is 20.1. The normalized spacial score (nSPS) is 12.9. The molecule has 0 unspecified atom stereocenters. The van der Waals surface area contributed by atoms with Crippen molar-refractivity contribution in [3.63, 3.8) is 0 Å². The molecule has 1 aliphatic rings. The number of carbonyl (C=O) groups is 1. The van der Waals surface area contributed by atoms with Crippen LogP contribution in [0.2, 0.25) is 0 Å². The topological polar surface area (TPSA) is 75.0 Å². The van der Waals surface area contributed by atoms with E-state index in [0.717, 1.165) is 12.0 Å². The van der Waals surface area contributed by atoms with Crippen LogP contribution in [0.25, 0.3) is 22.1 Å². The lowest BCUT2D eigenvalue weighted by atomic mass is 10.0. The molecule has 0 atom stereocenters. The predicted octanol–water partition coefficient (Wildman–Crippen LogP) is 5.89. The van der Waals surface area contributed by atoms with Gasteiger partial charge in [-0.05, 0) is 66.9 Å². The standard InChI is InChI=1S/C29H25FO6/c1-3-18-13-22-26(15-25(18)35-16-23(31)19-5-8-21(30)9-6-19)36-17(2)28(29(22)32)20-7-10-24-27(14-20)34-12-4-11-33-24/h5-10,13-15H,3-4,11-12,16H2,1-2H3. The van der Waals surface area contributed by atoms with E-state index < -0.39 is 5.82 Å². The van der Waals surface area contributed by atoms with Gasteiger partial charge in [-0.25, -0.2) is 4.39 Å². The number of hydrogen-bond donors (Lipinski definition) is 0. The summed E-state index contributed by atoms with van der Waals surface area (Å²) in [5.41, 5.74) is 2.49. The fourth-order valence-corrected chi connectivity index (χ4v) is 4.30. The maximum Gasteiger partial charge on any atom is 0.200 e. The third kappa shape index (κ3) is 4.56. The van der Waals surface area contributed by atoms with Gasteiger partial charge in [-0.15, -0.1) is 0 Å². The SMILES string of the molecule is CCc1cc2c(=O)c(-c3ccc4c(c3)OCCCO4)c(C)oc2cc1OCC(=O)c1ccc(F)cc1. The van der Waals surface area contributed by atoms with Crippen molar-refractivity contribution in [1.29, 1.82) is 0 Å². The highest BCUT2D eigenvalue weighted by Crippen LogP contribution is 2.35. The van der Waals surface area contributed by atoms with Crippen LogP contribution in [-0.4, -0.2) is 25.6 Å². The second-order valence-corrected chi connectivity index (χ2v) is 8.60. The lowest BCUT2D eigenvalue weighted by molar-refractivity contribution is 0.0921. The first kappa shape index (κ1) is 23.6. The Morgan fingerprint density at radius 1 is 1.00 bits per heavy atom. The van der Waals surface area contributed by atoms with Crippen molar-refractivity contribution in [2.24, 2.45) is 0 Å². The zero-order chi connectivity index (χ0) is 25.2. The van der Waals surface area contributed by atoms with E-state index in [1.807, 2.05) is 25.1 Å². The van der Waals surface area contributed by atoms with Crippen molar-refractivity contribution in [3.8, 4) is 28.4 Å². The van der Waals surface area contributed by atoms with Crippen molar-refractivity contribution >= 4 is 16.8 Å². The number of ketones is 1. The summed E-state index contributed by atoms with van der Waals surface area (Å²) in [6.07, 6.45) is 1.38. The van der Waals surface area contributed by atoms with E-state index in [-0.39, 0.29) is 17.8 Å². The van der Waals surface area contributed by atoms with Crippen LogP contribution in [0.5, 0.6) is 17.2 Å².